The average Bonchev–Trinajstić information content (AvgIpc) is 2.56. The van der Waals surface area contributed by atoms with Crippen molar-refractivity contribution in [2.45, 2.75) is 32.9 Å². The Balaban J connectivity index is 2.01. The van der Waals surface area contributed by atoms with E-state index in [1.807, 2.05) is 44.2 Å². The molecule has 2 aromatic rings. The number of aliphatic carboxylic acids is 1. The molecule has 1 aromatic heterocycles. The first kappa shape index (κ1) is 16.1. The number of hydrogen-bond acceptors (Lipinski definition) is 4. The van der Waals surface area contributed by atoms with E-state index in [0.29, 0.717) is 12.4 Å². The predicted octanol–water partition coefficient (Wildman–Crippen LogP) is 2.73. The zero-order valence-electron chi connectivity index (χ0n) is 12.9. The Kier molecular flexibility index (Phi) is 5.61. The van der Waals surface area contributed by atoms with Crippen LogP contribution < -0.4 is 5.32 Å². The van der Waals surface area contributed by atoms with Crippen molar-refractivity contribution in [1.29, 1.82) is 0 Å². The average molecular weight is 299 g/mol. The summed E-state index contributed by atoms with van der Waals surface area (Å²) < 4.78 is 0. The number of aromatic nitrogens is 2. The van der Waals surface area contributed by atoms with Gasteiger partial charge in [0, 0.05) is 30.1 Å². The summed E-state index contributed by atoms with van der Waals surface area (Å²) in [7, 11) is 0. The zero-order chi connectivity index (χ0) is 15.9. The van der Waals surface area contributed by atoms with Gasteiger partial charge in [0.1, 0.15) is 6.04 Å². The fourth-order valence-corrected chi connectivity index (χ4v) is 2.18. The molecule has 0 saturated heterocycles. The third kappa shape index (κ3) is 4.11. The second-order valence-electron chi connectivity index (χ2n) is 5.36. The van der Waals surface area contributed by atoms with Gasteiger partial charge < -0.3 is 5.11 Å². The molecule has 2 rings (SSSR count). The van der Waals surface area contributed by atoms with Crippen molar-refractivity contribution in [3.05, 3.63) is 48.3 Å². The van der Waals surface area contributed by atoms with Crippen molar-refractivity contribution in [2.75, 3.05) is 0 Å². The number of nitrogens with one attached hydrogen (secondary N) is 1. The Morgan fingerprint density at radius 2 is 1.86 bits per heavy atom. The second-order valence-corrected chi connectivity index (χ2v) is 5.36. The molecule has 0 aliphatic heterocycles. The van der Waals surface area contributed by atoms with E-state index in [-0.39, 0.29) is 5.92 Å². The molecule has 0 saturated carbocycles. The van der Waals surface area contributed by atoms with Gasteiger partial charge in [0.15, 0.2) is 5.82 Å². The van der Waals surface area contributed by atoms with Crippen LogP contribution >= 0.6 is 0 Å². The molecule has 5 nitrogen and oxygen atoms in total. The molecule has 0 aliphatic rings. The highest BCUT2D eigenvalue weighted by molar-refractivity contribution is 5.73. The fraction of sp³-hybridized carbons (Fsp3) is 0.353. The van der Waals surface area contributed by atoms with Gasteiger partial charge >= 0.3 is 5.97 Å². The van der Waals surface area contributed by atoms with Gasteiger partial charge in [0.2, 0.25) is 0 Å². The molecule has 22 heavy (non-hydrogen) atoms. The number of benzene rings is 1. The Morgan fingerprint density at radius 3 is 2.41 bits per heavy atom. The van der Waals surface area contributed by atoms with Crippen LogP contribution in [0.4, 0.5) is 0 Å². The first-order chi connectivity index (χ1) is 10.6. The molecule has 2 N–H and O–H groups in total. The van der Waals surface area contributed by atoms with Crippen LogP contribution in [0.3, 0.4) is 0 Å². The topological polar surface area (TPSA) is 75.1 Å². The molecule has 0 radical (unpaired) electrons. The van der Waals surface area contributed by atoms with Crippen LogP contribution in [0.1, 0.15) is 25.8 Å². The fourth-order valence-electron chi connectivity index (χ4n) is 2.18. The lowest BCUT2D eigenvalue weighted by atomic mass is 9.99. The van der Waals surface area contributed by atoms with E-state index in [4.69, 9.17) is 0 Å². The van der Waals surface area contributed by atoms with Crippen molar-refractivity contribution in [3.8, 4) is 11.4 Å². The molecule has 0 aliphatic carbocycles. The van der Waals surface area contributed by atoms with E-state index in [1.54, 1.807) is 12.4 Å². The van der Waals surface area contributed by atoms with Crippen LogP contribution in [-0.4, -0.2) is 27.1 Å². The first-order valence-electron chi connectivity index (χ1n) is 7.44. The standard InChI is InChI=1S/C17H21N3O2/c1-3-12(2)15(17(21)22)18-9-13-10-19-16(20-11-13)14-7-5-4-6-8-14/h4-8,10-12,15,18H,3,9H2,1-2H3,(H,21,22)/t12-,15-/m1/s1. The number of carbonyl (C=O) groups is 1. The summed E-state index contributed by atoms with van der Waals surface area (Å²) in [5.74, 6) is -0.0840. The summed E-state index contributed by atoms with van der Waals surface area (Å²) in [4.78, 5) is 19.9. The Bertz CT molecular complexity index is 599. The molecule has 1 aromatic carbocycles. The molecule has 1 heterocycles. The van der Waals surface area contributed by atoms with Crippen LogP contribution in [0.15, 0.2) is 42.7 Å². The molecule has 2 atom stereocenters. The van der Waals surface area contributed by atoms with E-state index in [0.717, 1.165) is 17.5 Å². The van der Waals surface area contributed by atoms with Crippen molar-refractivity contribution < 1.29 is 9.90 Å². The van der Waals surface area contributed by atoms with E-state index in [1.165, 1.54) is 0 Å². The normalized spacial score (nSPS) is 13.5. The van der Waals surface area contributed by atoms with Crippen molar-refractivity contribution >= 4 is 5.97 Å². The van der Waals surface area contributed by atoms with E-state index in [9.17, 15) is 9.90 Å². The van der Waals surface area contributed by atoms with Crippen molar-refractivity contribution in [2.24, 2.45) is 5.92 Å². The first-order valence-corrected chi connectivity index (χ1v) is 7.44. The molecular weight excluding hydrogens is 278 g/mol. The lowest BCUT2D eigenvalue weighted by molar-refractivity contribution is -0.140. The van der Waals surface area contributed by atoms with Crippen molar-refractivity contribution in [1.82, 2.24) is 15.3 Å². The van der Waals surface area contributed by atoms with E-state index >= 15 is 0 Å². The highest BCUT2D eigenvalue weighted by atomic mass is 16.4. The van der Waals surface area contributed by atoms with Gasteiger partial charge in [-0.3, -0.25) is 10.1 Å². The van der Waals surface area contributed by atoms with Gasteiger partial charge in [-0.15, -0.1) is 0 Å². The Labute approximate surface area is 130 Å². The quantitative estimate of drug-likeness (QED) is 0.822. The maximum atomic E-state index is 11.3. The third-order valence-corrected chi connectivity index (χ3v) is 3.74. The number of rotatable bonds is 7. The Hall–Kier alpha value is -2.27. The predicted molar refractivity (Wildman–Crippen MR) is 85.2 cm³/mol. The zero-order valence-corrected chi connectivity index (χ0v) is 12.9. The van der Waals surface area contributed by atoms with Gasteiger partial charge in [-0.25, -0.2) is 9.97 Å². The number of nitrogens with zero attached hydrogens (tertiary/aromatic N) is 2. The highest BCUT2D eigenvalue weighted by Crippen LogP contribution is 2.13. The smallest absolute Gasteiger partial charge is 0.320 e. The van der Waals surface area contributed by atoms with Crippen LogP contribution in [-0.2, 0) is 11.3 Å². The van der Waals surface area contributed by atoms with E-state index < -0.39 is 12.0 Å². The number of carboxylic acid groups (broad SMARTS) is 1. The summed E-state index contributed by atoms with van der Waals surface area (Å²) in [6.45, 7) is 4.36. The summed E-state index contributed by atoms with van der Waals surface area (Å²) >= 11 is 0. The summed E-state index contributed by atoms with van der Waals surface area (Å²) in [6, 6.07) is 9.18. The summed E-state index contributed by atoms with van der Waals surface area (Å²) in [5.41, 5.74) is 1.83. The lowest BCUT2D eigenvalue weighted by Gasteiger charge is -2.20. The lowest BCUT2D eigenvalue weighted by Crippen LogP contribution is -2.41. The maximum Gasteiger partial charge on any atom is 0.320 e. The second kappa shape index (κ2) is 7.66. The van der Waals surface area contributed by atoms with Gasteiger partial charge in [-0.05, 0) is 5.92 Å². The SMILES string of the molecule is CC[C@@H](C)[C@@H](NCc1cnc(-c2ccccc2)nc1)C(=O)O. The number of hydrogen-bond donors (Lipinski definition) is 2. The van der Waals surface area contributed by atoms with Gasteiger partial charge in [0.05, 0.1) is 0 Å². The number of carboxylic acids is 1. The minimum Gasteiger partial charge on any atom is -0.480 e. The van der Waals surface area contributed by atoms with E-state index in [2.05, 4.69) is 15.3 Å². The Morgan fingerprint density at radius 1 is 1.23 bits per heavy atom. The van der Waals surface area contributed by atoms with Gasteiger partial charge in [-0.2, -0.15) is 0 Å². The largest absolute Gasteiger partial charge is 0.480 e. The van der Waals surface area contributed by atoms with Gasteiger partial charge in [-0.1, -0.05) is 50.6 Å². The third-order valence-electron chi connectivity index (χ3n) is 3.74. The molecular formula is C17H21N3O2. The minimum absolute atomic E-state index is 0.0713. The molecule has 0 amide bonds. The maximum absolute atomic E-state index is 11.3. The highest BCUT2D eigenvalue weighted by Gasteiger charge is 2.22. The van der Waals surface area contributed by atoms with Crippen molar-refractivity contribution in [3.63, 3.8) is 0 Å². The summed E-state index contributed by atoms with van der Waals surface area (Å²) in [5, 5.41) is 12.3. The van der Waals surface area contributed by atoms with Crippen LogP contribution in [0, 0.1) is 5.92 Å². The molecule has 0 fully saturated rings. The van der Waals surface area contributed by atoms with Crippen LogP contribution in [0.5, 0.6) is 0 Å². The van der Waals surface area contributed by atoms with Gasteiger partial charge in [0.25, 0.3) is 0 Å². The molecule has 116 valence electrons. The monoisotopic (exact) mass is 299 g/mol. The molecule has 0 unspecified atom stereocenters. The minimum atomic E-state index is -0.823. The molecule has 5 heteroatoms. The molecule has 0 spiro atoms. The van der Waals surface area contributed by atoms with Crippen LogP contribution in [0.2, 0.25) is 0 Å². The van der Waals surface area contributed by atoms with Crippen LogP contribution in [0.25, 0.3) is 11.4 Å². The summed E-state index contributed by atoms with van der Waals surface area (Å²) in [6.07, 6.45) is 4.28. The molecule has 0 bridgehead atoms.